The second-order valence-electron chi connectivity index (χ2n) is 8.27. The first kappa shape index (κ1) is 23.6. The Hall–Kier alpha value is -3.52. The maximum absolute atomic E-state index is 12.7. The molecule has 0 fully saturated rings. The minimum absolute atomic E-state index is 0.207. The Morgan fingerprint density at radius 1 is 1.09 bits per heavy atom. The summed E-state index contributed by atoms with van der Waals surface area (Å²) < 4.78 is 11.2. The predicted molar refractivity (Wildman–Crippen MR) is 133 cm³/mol. The van der Waals surface area contributed by atoms with Crippen molar-refractivity contribution in [1.29, 1.82) is 0 Å². The normalized spacial score (nSPS) is 12.2. The minimum Gasteiger partial charge on any atom is -0.480 e. The average molecular weight is 480 g/mol. The number of carboxylic acids is 1. The van der Waals surface area contributed by atoms with Crippen molar-refractivity contribution in [1.82, 2.24) is 5.32 Å². The summed E-state index contributed by atoms with van der Waals surface area (Å²) in [7, 11) is 0. The van der Waals surface area contributed by atoms with Gasteiger partial charge in [0.15, 0.2) is 0 Å². The molecule has 2 aromatic carbocycles. The summed E-state index contributed by atoms with van der Waals surface area (Å²) in [5.41, 5.74) is 4.24. The van der Waals surface area contributed by atoms with Gasteiger partial charge in [-0.3, -0.25) is 4.79 Å². The Balaban J connectivity index is 1.71. The van der Waals surface area contributed by atoms with E-state index in [0.29, 0.717) is 34.3 Å². The summed E-state index contributed by atoms with van der Waals surface area (Å²) in [6.45, 7) is 3.79. The first-order valence-corrected chi connectivity index (χ1v) is 12.2. The highest BCUT2D eigenvalue weighted by Crippen LogP contribution is 2.34. The van der Waals surface area contributed by atoms with Crippen LogP contribution in [-0.2, 0) is 16.0 Å². The number of amides is 1. The lowest BCUT2D eigenvalue weighted by Crippen LogP contribution is -2.42. The fraction of sp³-hybridized carbons (Fsp3) is 0.269. The standard InChI is InChI=1S/C26H25NO6S/c1-14-4-6-16(7-5-14)20-13-32-22-12-23-17(10-19(20)22)15(2)18(26(31)33-23)11-24(28)27-21(25(29)30)8-9-34-3/h4-7,10,12-13,21H,8-9,11H2,1-3H3,(H,27,28)(H,29,30)/t21-/m1/s1. The highest BCUT2D eigenvalue weighted by atomic mass is 32.2. The number of rotatable bonds is 8. The molecule has 0 saturated carbocycles. The zero-order chi connectivity index (χ0) is 24.4. The fourth-order valence-electron chi connectivity index (χ4n) is 3.97. The maximum atomic E-state index is 12.7. The van der Waals surface area contributed by atoms with Crippen molar-refractivity contribution < 1.29 is 23.5 Å². The van der Waals surface area contributed by atoms with Gasteiger partial charge in [0.1, 0.15) is 17.2 Å². The smallest absolute Gasteiger partial charge is 0.340 e. The molecule has 0 saturated heterocycles. The van der Waals surface area contributed by atoms with E-state index in [1.807, 2.05) is 43.5 Å². The van der Waals surface area contributed by atoms with Gasteiger partial charge in [-0.1, -0.05) is 29.8 Å². The summed E-state index contributed by atoms with van der Waals surface area (Å²) in [5.74, 6) is -1.04. The maximum Gasteiger partial charge on any atom is 0.340 e. The van der Waals surface area contributed by atoms with Crippen molar-refractivity contribution in [3.05, 3.63) is 69.8 Å². The number of nitrogens with one attached hydrogen (secondary N) is 1. The summed E-state index contributed by atoms with van der Waals surface area (Å²) in [6, 6.07) is 10.7. The van der Waals surface area contributed by atoms with E-state index >= 15 is 0 Å². The number of benzene rings is 2. The minimum atomic E-state index is -1.10. The van der Waals surface area contributed by atoms with Crippen LogP contribution >= 0.6 is 11.8 Å². The Morgan fingerprint density at radius 3 is 2.50 bits per heavy atom. The molecule has 0 spiro atoms. The molecular formula is C26H25NO6S. The monoisotopic (exact) mass is 479 g/mol. The third-order valence-corrected chi connectivity index (χ3v) is 6.57. The van der Waals surface area contributed by atoms with Gasteiger partial charge in [0.2, 0.25) is 5.91 Å². The van der Waals surface area contributed by atoms with Gasteiger partial charge >= 0.3 is 11.6 Å². The fourth-order valence-corrected chi connectivity index (χ4v) is 4.44. The topological polar surface area (TPSA) is 110 Å². The lowest BCUT2D eigenvalue weighted by molar-refractivity contribution is -0.141. The zero-order valence-electron chi connectivity index (χ0n) is 19.1. The molecule has 7 nitrogen and oxygen atoms in total. The van der Waals surface area contributed by atoms with Crippen LogP contribution in [0, 0.1) is 13.8 Å². The number of carbonyl (C=O) groups is 2. The van der Waals surface area contributed by atoms with Crippen molar-refractivity contribution in [3.8, 4) is 11.1 Å². The second kappa shape index (κ2) is 9.77. The van der Waals surface area contributed by atoms with Crippen LogP contribution in [0.2, 0.25) is 0 Å². The van der Waals surface area contributed by atoms with Gasteiger partial charge in [-0.25, -0.2) is 9.59 Å². The lowest BCUT2D eigenvalue weighted by atomic mass is 9.99. The van der Waals surface area contributed by atoms with Crippen LogP contribution in [0.1, 0.15) is 23.1 Å². The molecule has 8 heteroatoms. The number of thioether (sulfide) groups is 1. The number of carbonyl (C=O) groups excluding carboxylic acids is 1. The Morgan fingerprint density at radius 2 is 1.82 bits per heavy atom. The molecule has 0 aliphatic rings. The van der Waals surface area contributed by atoms with Gasteiger partial charge in [-0.2, -0.15) is 11.8 Å². The largest absolute Gasteiger partial charge is 0.480 e. The molecule has 2 aromatic heterocycles. The number of fused-ring (bicyclic) bond motifs is 2. The molecule has 34 heavy (non-hydrogen) atoms. The van der Waals surface area contributed by atoms with E-state index in [9.17, 15) is 19.5 Å². The summed E-state index contributed by atoms with van der Waals surface area (Å²) in [4.78, 5) is 36.7. The van der Waals surface area contributed by atoms with Crippen LogP contribution in [0.3, 0.4) is 0 Å². The average Bonchev–Trinajstić information content (AvgIpc) is 3.21. The molecule has 1 amide bonds. The number of furan rings is 1. The van der Waals surface area contributed by atoms with Gasteiger partial charge in [0, 0.05) is 22.4 Å². The second-order valence-corrected chi connectivity index (χ2v) is 9.26. The van der Waals surface area contributed by atoms with Crippen LogP contribution in [0.5, 0.6) is 0 Å². The summed E-state index contributed by atoms with van der Waals surface area (Å²) >= 11 is 1.50. The van der Waals surface area contributed by atoms with Crippen LogP contribution in [-0.4, -0.2) is 35.0 Å². The highest BCUT2D eigenvalue weighted by Gasteiger charge is 2.22. The van der Waals surface area contributed by atoms with E-state index in [4.69, 9.17) is 8.83 Å². The molecule has 0 radical (unpaired) electrons. The third-order valence-electron chi connectivity index (χ3n) is 5.93. The van der Waals surface area contributed by atoms with Crippen LogP contribution < -0.4 is 10.9 Å². The van der Waals surface area contributed by atoms with Gasteiger partial charge < -0.3 is 19.3 Å². The van der Waals surface area contributed by atoms with Crippen molar-refractivity contribution in [3.63, 3.8) is 0 Å². The van der Waals surface area contributed by atoms with Crippen molar-refractivity contribution in [2.45, 2.75) is 32.7 Å². The molecule has 0 aliphatic heterocycles. The molecule has 1 atom stereocenters. The van der Waals surface area contributed by atoms with Crippen molar-refractivity contribution in [2.75, 3.05) is 12.0 Å². The summed E-state index contributed by atoms with van der Waals surface area (Å²) in [6.07, 6.45) is 3.58. The highest BCUT2D eigenvalue weighted by molar-refractivity contribution is 7.98. The van der Waals surface area contributed by atoms with E-state index in [1.54, 1.807) is 19.3 Å². The molecule has 176 valence electrons. The van der Waals surface area contributed by atoms with Gasteiger partial charge in [-0.05, 0) is 49.5 Å². The first-order chi connectivity index (χ1) is 16.3. The first-order valence-electron chi connectivity index (χ1n) is 10.8. The number of hydrogen-bond acceptors (Lipinski definition) is 6. The Bertz CT molecular complexity index is 1430. The molecule has 0 unspecified atom stereocenters. The Kier molecular flexibility index (Phi) is 6.79. The number of aliphatic carboxylic acids is 1. The van der Waals surface area contributed by atoms with Gasteiger partial charge in [0.25, 0.3) is 0 Å². The molecule has 2 heterocycles. The van der Waals surface area contributed by atoms with E-state index in [-0.39, 0.29) is 12.0 Å². The number of aryl methyl sites for hydroxylation is 2. The van der Waals surface area contributed by atoms with Crippen LogP contribution in [0.4, 0.5) is 0 Å². The van der Waals surface area contributed by atoms with E-state index < -0.39 is 23.5 Å². The van der Waals surface area contributed by atoms with Crippen molar-refractivity contribution >= 4 is 45.6 Å². The molecule has 2 N–H and O–H groups in total. The zero-order valence-corrected chi connectivity index (χ0v) is 20.0. The third kappa shape index (κ3) is 4.72. The van der Waals surface area contributed by atoms with Crippen LogP contribution in [0.25, 0.3) is 33.1 Å². The molecule has 4 rings (SSSR count). The quantitative estimate of drug-likeness (QED) is 0.353. The van der Waals surface area contributed by atoms with E-state index in [1.165, 1.54) is 11.8 Å². The SMILES string of the molecule is CSCC[C@@H](NC(=O)Cc1c(C)c2cc3c(-c4ccc(C)cc4)coc3cc2oc1=O)C(=O)O. The number of hydrogen-bond donors (Lipinski definition) is 2. The molecule has 0 bridgehead atoms. The lowest BCUT2D eigenvalue weighted by Gasteiger charge is -2.14. The predicted octanol–water partition coefficient (Wildman–Crippen LogP) is 4.69. The van der Waals surface area contributed by atoms with Gasteiger partial charge in [0.05, 0.1) is 18.2 Å². The summed E-state index contributed by atoms with van der Waals surface area (Å²) in [5, 5.41) is 13.4. The number of carboxylic acid groups (broad SMARTS) is 1. The van der Waals surface area contributed by atoms with E-state index in [0.717, 1.165) is 22.1 Å². The van der Waals surface area contributed by atoms with Gasteiger partial charge in [-0.15, -0.1) is 0 Å². The van der Waals surface area contributed by atoms with Crippen LogP contribution in [0.15, 0.2) is 56.3 Å². The Labute approximate surface area is 200 Å². The molecule has 0 aliphatic carbocycles. The molecule has 4 aromatic rings. The van der Waals surface area contributed by atoms with Crippen molar-refractivity contribution in [2.24, 2.45) is 0 Å². The molecular weight excluding hydrogens is 454 g/mol. The van der Waals surface area contributed by atoms with E-state index in [2.05, 4.69) is 5.32 Å².